The van der Waals surface area contributed by atoms with E-state index >= 15 is 0 Å². The van der Waals surface area contributed by atoms with E-state index in [-0.39, 0.29) is 6.61 Å². The molecular weight excluding hydrogens is 377 g/mol. The monoisotopic (exact) mass is 395 g/mol. The first kappa shape index (κ1) is 20.1. The number of anilines is 1. The topological polar surface area (TPSA) is 64.6 Å². The first-order chi connectivity index (χ1) is 12.2. The number of halogens is 2. The third-order valence-electron chi connectivity index (χ3n) is 3.64. The fourth-order valence-corrected chi connectivity index (χ4v) is 2.63. The molecule has 26 heavy (non-hydrogen) atoms. The molecule has 0 bridgehead atoms. The number of aryl methyl sites for hydroxylation is 2. The molecule has 0 fully saturated rings. The highest BCUT2D eigenvalue weighted by Crippen LogP contribution is 2.22. The summed E-state index contributed by atoms with van der Waals surface area (Å²) < 4.78 is 10.5. The summed E-state index contributed by atoms with van der Waals surface area (Å²) in [5.41, 5.74) is 2.61. The Balaban J connectivity index is 1.85. The van der Waals surface area contributed by atoms with Crippen molar-refractivity contribution in [3.63, 3.8) is 0 Å². The second kappa shape index (κ2) is 8.92. The summed E-state index contributed by atoms with van der Waals surface area (Å²) in [6.07, 6.45) is -0.997. The van der Waals surface area contributed by atoms with Crippen LogP contribution in [0.4, 0.5) is 5.69 Å². The number of amides is 1. The number of hydrogen-bond donors (Lipinski definition) is 1. The van der Waals surface area contributed by atoms with Gasteiger partial charge in [0.05, 0.1) is 0 Å². The first-order valence-corrected chi connectivity index (χ1v) is 8.66. The standard InChI is InChI=1S/C19H19Cl2NO4/c1-11-4-5-17(6-12(11)2)25-10-18(23)26-13(3)19(24)22-16-8-14(20)7-15(21)9-16/h4-9,13H,10H2,1-3H3,(H,22,24)/t13-/m0/s1. The van der Waals surface area contributed by atoms with E-state index in [1.165, 1.54) is 6.92 Å². The Hall–Kier alpha value is -2.24. The van der Waals surface area contributed by atoms with E-state index in [0.717, 1.165) is 11.1 Å². The maximum atomic E-state index is 12.1. The number of benzene rings is 2. The minimum Gasteiger partial charge on any atom is -0.482 e. The lowest BCUT2D eigenvalue weighted by molar-refractivity contribution is -0.155. The van der Waals surface area contributed by atoms with Crippen LogP contribution in [0.3, 0.4) is 0 Å². The fourth-order valence-electron chi connectivity index (χ4n) is 2.10. The van der Waals surface area contributed by atoms with Crippen molar-refractivity contribution in [2.45, 2.75) is 26.9 Å². The van der Waals surface area contributed by atoms with Crippen molar-refractivity contribution < 1.29 is 19.1 Å². The Bertz CT molecular complexity index is 803. The molecule has 138 valence electrons. The van der Waals surface area contributed by atoms with E-state index in [0.29, 0.717) is 21.5 Å². The molecule has 0 unspecified atom stereocenters. The molecule has 7 heteroatoms. The van der Waals surface area contributed by atoms with Crippen molar-refractivity contribution in [1.29, 1.82) is 0 Å². The van der Waals surface area contributed by atoms with Gasteiger partial charge in [0.15, 0.2) is 12.7 Å². The van der Waals surface area contributed by atoms with Crippen LogP contribution >= 0.6 is 23.2 Å². The maximum Gasteiger partial charge on any atom is 0.344 e. The van der Waals surface area contributed by atoms with E-state index < -0.39 is 18.0 Å². The summed E-state index contributed by atoms with van der Waals surface area (Å²) in [4.78, 5) is 24.0. The zero-order valence-corrected chi connectivity index (χ0v) is 16.1. The van der Waals surface area contributed by atoms with Crippen LogP contribution in [0.1, 0.15) is 18.1 Å². The maximum absolute atomic E-state index is 12.1. The highest BCUT2D eigenvalue weighted by Gasteiger charge is 2.18. The van der Waals surface area contributed by atoms with Gasteiger partial charge in [0.25, 0.3) is 5.91 Å². The molecule has 0 aliphatic heterocycles. The SMILES string of the molecule is Cc1ccc(OCC(=O)O[C@@H](C)C(=O)Nc2cc(Cl)cc(Cl)c2)cc1C. The Morgan fingerprint density at radius 1 is 1.04 bits per heavy atom. The van der Waals surface area contributed by atoms with Gasteiger partial charge in [0, 0.05) is 15.7 Å². The summed E-state index contributed by atoms with van der Waals surface area (Å²) >= 11 is 11.8. The molecular formula is C19H19Cl2NO4. The van der Waals surface area contributed by atoms with Gasteiger partial charge in [-0.05, 0) is 62.2 Å². The highest BCUT2D eigenvalue weighted by molar-refractivity contribution is 6.35. The number of rotatable bonds is 6. The molecule has 1 atom stereocenters. The predicted molar refractivity (Wildman–Crippen MR) is 102 cm³/mol. The number of hydrogen-bond acceptors (Lipinski definition) is 4. The molecule has 0 spiro atoms. The number of carbonyl (C=O) groups excluding carboxylic acids is 2. The molecule has 5 nitrogen and oxygen atoms in total. The van der Waals surface area contributed by atoms with Crippen molar-refractivity contribution in [2.24, 2.45) is 0 Å². The average molecular weight is 396 g/mol. The summed E-state index contributed by atoms with van der Waals surface area (Å²) in [6.45, 7) is 5.12. The minimum atomic E-state index is -0.997. The average Bonchev–Trinajstić information content (AvgIpc) is 2.55. The van der Waals surface area contributed by atoms with Crippen LogP contribution in [0.25, 0.3) is 0 Å². The quantitative estimate of drug-likeness (QED) is 0.728. The van der Waals surface area contributed by atoms with Gasteiger partial charge < -0.3 is 14.8 Å². The van der Waals surface area contributed by atoms with E-state index in [1.54, 1.807) is 24.3 Å². The molecule has 1 N–H and O–H groups in total. The van der Waals surface area contributed by atoms with Gasteiger partial charge in [-0.25, -0.2) is 4.79 Å². The lowest BCUT2D eigenvalue weighted by Crippen LogP contribution is -2.31. The molecule has 0 radical (unpaired) electrons. The van der Waals surface area contributed by atoms with Gasteiger partial charge in [-0.2, -0.15) is 0 Å². The van der Waals surface area contributed by atoms with E-state index in [1.807, 2.05) is 26.0 Å². The zero-order chi connectivity index (χ0) is 19.3. The zero-order valence-electron chi connectivity index (χ0n) is 14.6. The molecule has 0 saturated heterocycles. The van der Waals surface area contributed by atoms with Gasteiger partial charge in [0.2, 0.25) is 0 Å². The van der Waals surface area contributed by atoms with Crippen LogP contribution in [0, 0.1) is 13.8 Å². The Kier molecular flexibility index (Phi) is 6.89. The number of esters is 1. The molecule has 0 aliphatic carbocycles. The second-order valence-electron chi connectivity index (χ2n) is 5.81. The Morgan fingerprint density at radius 2 is 1.69 bits per heavy atom. The lowest BCUT2D eigenvalue weighted by atomic mass is 10.1. The van der Waals surface area contributed by atoms with Crippen LogP contribution in [0.15, 0.2) is 36.4 Å². The van der Waals surface area contributed by atoms with E-state index in [2.05, 4.69) is 5.32 Å². The van der Waals surface area contributed by atoms with Crippen LogP contribution < -0.4 is 10.1 Å². The van der Waals surface area contributed by atoms with Gasteiger partial charge in [-0.3, -0.25) is 4.79 Å². The Labute approximate surface area is 162 Å². The summed E-state index contributed by atoms with van der Waals surface area (Å²) in [5, 5.41) is 3.37. The van der Waals surface area contributed by atoms with Gasteiger partial charge in [0.1, 0.15) is 5.75 Å². The van der Waals surface area contributed by atoms with Gasteiger partial charge in [-0.1, -0.05) is 29.3 Å². The molecule has 2 aromatic carbocycles. The molecule has 0 heterocycles. The van der Waals surface area contributed by atoms with Crippen molar-refractivity contribution in [1.82, 2.24) is 0 Å². The minimum absolute atomic E-state index is 0.289. The first-order valence-electron chi connectivity index (χ1n) is 7.91. The van der Waals surface area contributed by atoms with Crippen molar-refractivity contribution in [3.05, 3.63) is 57.6 Å². The van der Waals surface area contributed by atoms with Gasteiger partial charge >= 0.3 is 5.97 Å². The van der Waals surface area contributed by atoms with Crippen LogP contribution in [0.2, 0.25) is 10.0 Å². The van der Waals surface area contributed by atoms with E-state index in [9.17, 15) is 9.59 Å². The normalized spacial score (nSPS) is 11.6. The van der Waals surface area contributed by atoms with Crippen molar-refractivity contribution in [3.8, 4) is 5.75 Å². The largest absolute Gasteiger partial charge is 0.482 e. The molecule has 0 saturated carbocycles. The number of nitrogens with one attached hydrogen (secondary N) is 1. The van der Waals surface area contributed by atoms with E-state index in [4.69, 9.17) is 32.7 Å². The lowest BCUT2D eigenvalue weighted by Gasteiger charge is -2.14. The Morgan fingerprint density at radius 3 is 2.31 bits per heavy atom. The molecule has 1 amide bonds. The highest BCUT2D eigenvalue weighted by atomic mass is 35.5. The van der Waals surface area contributed by atoms with Gasteiger partial charge in [-0.15, -0.1) is 0 Å². The summed E-state index contributed by atoms with van der Waals surface area (Å²) in [7, 11) is 0. The third-order valence-corrected chi connectivity index (χ3v) is 4.08. The second-order valence-corrected chi connectivity index (χ2v) is 6.69. The van der Waals surface area contributed by atoms with Crippen molar-refractivity contribution in [2.75, 3.05) is 11.9 Å². The van der Waals surface area contributed by atoms with Crippen LogP contribution in [-0.2, 0) is 14.3 Å². The van der Waals surface area contributed by atoms with Crippen LogP contribution in [0.5, 0.6) is 5.75 Å². The number of carbonyl (C=O) groups is 2. The number of ether oxygens (including phenoxy) is 2. The summed E-state index contributed by atoms with van der Waals surface area (Å²) in [5.74, 6) is -0.575. The predicted octanol–water partition coefficient (Wildman–Crippen LogP) is 4.56. The fraction of sp³-hybridized carbons (Fsp3) is 0.263. The molecule has 2 rings (SSSR count). The third kappa shape index (κ3) is 5.93. The smallest absolute Gasteiger partial charge is 0.344 e. The molecule has 0 aliphatic rings. The molecule has 2 aromatic rings. The molecule has 0 aromatic heterocycles. The van der Waals surface area contributed by atoms with Crippen LogP contribution in [-0.4, -0.2) is 24.6 Å². The summed E-state index contributed by atoms with van der Waals surface area (Å²) in [6, 6.07) is 10.1. The van der Waals surface area contributed by atoms with Crippen molar-refractivity contribution >= 4 is 40.8 Å².